The van der Waals surface area contributed by atoms with Crippen LogP contribution in [0.15, 0.2) is 56.9 Å². The van der Waals surface area contributed by atoms with Gasteiger partial charge in [0.15, 0.2) is 0 Å². The lowest BCUT2D eigenvalue weighted by Crippen LogP contribution is -2.33. The number of carbonyl (C=O) groups is 1. The van der Waals surface area contributed by atoms with Gasteiger partial charge in [0, 0.05) is 43.7 Å². The maximum atomic E-state index is 12.3. The number of rotatable bonds is 5. The monoisotopic (exact) mass is 398 g/mol. The molecule has 28 heavy (non-hydrogen) atoms. The molecule has 0 aliphatic carbocycles. The molecule has 1 amide bonds. The number of fused-ring (bicyclic) bond motifs is 1. The average Bonchev–Trinajstić information content (AvgIpc) is 3.11. The summed E-state index contributed by atoms with van der Waals surface area (Å²) < 4.78 is 2.71. The van der Waals surface area contributed by atoms with Crippen LogP contribution in [0.3, 0.4) is 0 Å². The van der Waals surface area contributed by atoms with Gasteiger partial charge in [-0.1, -0.05) is 36.2 Å². The molecule has 146 valence electrons. The summed E-state index contributed by atoms with van der Waals surface area (Å²) in [7, 11) is 3.20. The fourth-order valence-corrected chi connectivity index (χ4v) is 3.83. The molecular weight excluding hydrogens is 376 g/mol. The lowest BCUT2D eigenvalue weighted by molar-refractivity contribution is -0.117. The summed E-state index contributed by atoms with van der Waals surface area (Å²) in [6.45, 7) is 6.27. The largest absolute Gasteiger partial charge is 0.493 e. The smallest absolute Gasteiger partial charge is 0.278 e. The van der Waals surface area contributed by atoms with E-state index >= 15 is 0 Å². The van der Waals surface area contributed by atoms with Crippen molar-refractivity contribution in [3.63, 3.8) is 0 Å². The van der Waals surface area contributed by atoms with E-state index in [0.717, 1.165) is 15.6 Å². The van der Waals surface area contributed by atoms with E-state index in [4.69, 9.17) is 0 Å². The zero-order valence-corrected chi connectivity index (χ0v) is 16.8. The first-order valence-electron chi connectivity index (χ1n) is 8.71. The summed E-state index contributed by atoms with van der Waals surface area (Å²) in [4.78, 5) is 27.1. The van der Waals surface area contributed by atoms with Crippen molar-refractivity contribution >= 4 is 29.4 Å². The van der Waals surface area contributed by atoms with Gasteiger partial charge in [0.1, 0.15) is 10.6 Å². The fourth-order valence-electron chi connectivity index (χ4n) is 2.78. The highest BCUT2D eigenvalue weighted by molar-refractivity contribution is 8.03. The Labute approximate surface area is 167 Å². The van der Waals surface area contributed by atoms with Crippen molar-refractivity contribution < 1.29 is 9.90 Å². The van der Waals surface area contributed by atoms with Crippen LogP contribution < -0.4 is 15.8 Å². The van der Waals surface area contributed by atoms with E-state index in [0.29, 0.717) is 18.7 Å². The number of amides is 1. The Bertz CT molecular complexity index is 1070. The minimum atomic E-state index is -0.297. The maximum absolute atomic E-state index is 12.3. The number of nitrogens with one attached hydrogen (secondary N) is 1. The van der Waals surface area contributed by atoms with Crippen molar-refractivity contribution in [3.05, 3.63) is 63.1 Å². The SMILES string of the molecule is C=C(C)C(=O)NCCN1C(=C=Cc2c(O)n(C)n(C)c2=O)Sc2ccccc21. The second-order valence-corrected chi connectivity index (χ2v) is 7.47. The highest BCUT2D eigenvalue weighted by Crippen LogP contribution is 2.45. The van der Waals surface area contributed by atoms with E-state index < -0.39 is 0 Å². The summed E-state index contributed by atoms with van der Waals surface area (Å²) in [5, 5.41) is 13.8. The molecule has 1 aromatic heterocycles. The van der Waals surface area contributed by atoms with Crippen molar-refractivity contribution in [2.24, 2.45) is 14.1 Å². The first-order chi connectivity index (χ1) is 13.3. The molecule has 0 unspecified atom stereocenters. The van der Waals surface area contributed by atoms with Gasteiger partial charge in [-0.25, -0.2) is 0 Å². The number of nitrogens with zero attached hydrogens (tertiary/aromatic N) is 3. The molecule has 7 nitrogen and oxygen atoms in total. The van der Waals surface area contributed by atoms with Crippen LogP contribution in [0, 0.1) is 0 Å². The van der Waals surface area contributed by atoms with Gasteiger partial charge in [0.25, 0.3) is 5.56 Å². The van der Waals surface area contributed by atoms with Crippen molar-refractivity contribution in [2.45, 2.75) is 11.8 Å². The Balaban J connectivity index is 1.92. The molecule has 3 rings (SSSR count). The van der Waals surface area contributed by atoms with Crippen LogP contribution in [0.5, 0.6) is 5.88 Å². The van der Waals surface area contributed by atoms with Crippen LogP contribution >= 0.6 is 11.8 Å². The molecule has 0 saturated heterocycles. The number of aromatic nitrogens is 2. The normalized spacial score (nSPS) is 12.5. The van der Waals surface area contributed by atoms with Crippen molar-refractivity contribution in [1.82, 2.24) is 14.7 Å². The summed E-state index contributed by atoms with van der Waals surface area (Å²) in [5.41, 5.74) is 4.50. The number of carbonyl (C=O) groups excluding carboxylic acids is 1. The summed E-state index contributed by atoms with van der Waals surface area (Å²) >= 11 is 1.52. The van der Waals surface area contributed by atoms with Gasteiger partial charge < -0.3 is 15.3 Å². The molecule has 0 fully saturated rings. The third-order valence-electron chi connectivity index (χ3n) is 4.48. The zero-order valence-electron chi connectivity index (χ0n) is 16.0. The number of hydrogen-bond donors (Lipinski definition) is 2. The Morgan fingerprint density at radius 2 is 2.04 bits per heavy atom. The Hall–Kier alpha value is -3.09. The van der Waals surface area contributed by atoms with E-state index in [2.05, 4.69) is 17.6 Å². The van der Waals surface area contributed by atoms with Crippen molar-refractivity contribution in [2.75, 3.05) is 18.0 Å². The molecule has 1 aliphatic rings. The lowest BCUT2D eigenvalue weighted by atomic mass is 10.3. The molecular formula is C20H22N4O3S. The van der Waals surface area contributed by atoms with Crippen LogP contribution in [0.4, 0.5) is 5.69 Å². The molecule has 0 atom stereocenters. The Kier molecular flexibility index (Phi) is 5.53. The number of hydrogen-bond acceptors (Lipinski definition) is 5. The number of aromatic hydroxyl groups is 1. The predicted octanol–water partition coefficient (Wildman–Crippen LogP) is 2.19. The van der Waals surface area contributed by atoms with Gasteiger partial charge in [-0.2, -0.15) is 0 Å². The molecule has 2 aromatic rings. The zero-order chi connectivity index (χ0) is 20.4. The molecule has 1 aromatic carbocycles. The van der Waals surface area contributed by atoms with Crippen LogP contribution in [0.25, 0.3) is 6.08 Å². The fraction of sp³-hybridized carbons (Fsp3) is 0.250. The topological polar surface area (TPSA) is 79.5 Å². The van der Waals surface area contributed by atoms with Crippen LogP contribution in [-0.4, -0.2) is 33.5 Å². The molecule has 2 heterocycles. The molecule has 0 bridgehead atoms. The molecule has 1 aliphatic heterocycles. The summed E-state index contributed by atoms with van der Waals surface area (Å²) in [6, 6.07) is 7.91. The number of para-hydroxylation sites is 1. The predicted molar refractivity (Wildman–Crippen MR) is 111 cm³/mol. The van der Waals surface area contributed by atoms with Gasteiger partial charge in [-0.05, 0) is 19.1 Å². The maximum Gasteiger partial charge on any atom is 0.278 e. The van der Waals surface area contributed by atoms with Gasteiger partial charge in [0.05, 0.1) is 5.69 Å². The van der Waals surface area contributed by atoms with Gasteiger partial charge >= 0.3 is 0 Å². The van der Waals surface area contributed by atoms with Crippen LogP contribution in [-0.2, 0) is 18.9 Å². The molecule has 0 radical (unpaired) electrons. The van der Waals surface area contributed by atoms with Crippen LogP contribution in [0.1, 0.15) is 12.5 Å². The number of benzene rings is 1. The molecule has 0 saturated carbocycles. The van der Waals surface area contributed by atoms with Gasteiger partial charge in [-0.3, -0.25) is 19.0 Å². The van der Waals surface area contributed by atoms with E-state index in [9.17, 15) is 14.7 Å². The molecule has 2 N–H and O–H groups in total. The highest BCUT2D eigenvalue weighted by Gasteiger charge is 2.24. The Morgan fingerprint density at radius 1 is 1.32 bits per heavy atom. The van der Waals surface area contributed by atoms with Gasteiger partial charge in [0.2, 0.25) is 11.8 Å². The first-order valence-corrected chi connectivity index (χ1v) is 9.52. The highest BCUT2D eigenvalue weighted by atomic mass is 32.2. The molecule has 0 spiro atoms. The lowest BCUT2D eigenvalue weighted by Gasteiger charge is -2.19. The summed E-state index contributed by atoms with van der Waals surface area (Å²) in [5.74, 6) is -0.291. The van der Waals surface area contributed by atoms with E-state index in [1.54, 1.807) is 21.0 Å². The quantitative estimate of drug-likeness (QED) is 0.596. The van der Waals surface area contributed by atoms with Crippen molar-refractivity contribution in [1.29, 1.82) is 0 Å². The Morgan fingerprint density at radius 3 is 2.68 bits per heavy atom. The third-order valence-corrected chi connectivity index (χ3v) is 5.57. The number of anilines is 1. The molecule has 8 heteroatoms. The first kappa shape index (κ1) is 19.7. The van der Waals surface area contributed by atoms with E-state index in [1.807, 2.05) is 29.2 Å². The minimum Gasteiger partial charge on any atom is -0.493 e. The second kappa shape index (κ2) is 7.88. The standard InChI is InChI=1S/C20H22N4O3S/c1-13(2)18(25)21-11-12-24-15-7-5-6-8-16(15)28-17(24)10-9-14-19(26)22(3)23(4)20(14)27/h5-9,26H,1,11-12H2,2-4H3,(H,21,25). The van der Waals surface area contributed by atoms with Gasteiger partial charge in [-0.15, -0.1) is 0 Å². The van der Waals surface area contributed by atoms with Crippen LogP contribution in [0.2, 0.25) is 0 Å². The minimum absolute atomic E-state index is 0.110. The summed E-state index contributed by atoms with van der Waals surface area (Å²) in [6.07, 6.45) is 1.51. The third kappa shape index (κ3) is 3.65. The second-order valence-electron chi connectivity index (χ2n) is 6.44. The number of thioether (sulfide) groups is 1. The van der Waals surface area contributed by atoms with E-state index in [1.165, 1.54) is 27.2 Å². The van der Waals surface area contributed by atoms with E-state index in [-0.39, 0.29) is 22.9 Å². The van der Waals surface area contributed by atoms with Crippen molar-refractivity contribution in [3.8, 4) is 5.88 Å². The average molecular weight is 398 g/mol.